The molecule has 3 nitrogen and oxygen atoms in total. The summed E-state index contributed by atoms with van der Waals surface area (Å²) < 4.78 is 40.4. The van der Waals surface area contributed by atoms with E-state index in [2.05, 4.69) is 9.64 Å². The van der Waals surface area contributed by atoms with Crippen molar-refractivity contribution < 1.29 is 17.9 Å². The fraction of sp³-hybridized carbons (Fsp3) is 0.333. The lowest BCUT2D eigenvalue weighted by Gasteiger charge is -2.19. The molecule has 3 rings (SSSR count). The van der Waals surface area contributed by atoms with E-state index in [9.17, 15) is 13.2 Å². The van der Waals surface area contributed by atoms with Crippen LogP contribution in [0.15, 0.2) is 48.5 Å². The minimum Gasteiger partial charge on any atom is -0.406 e. The van der Waals surface area contributed by atoms with E-state index in [1.807, 2.05) is 24.3 Å². The summed E-state index contributed by atoms with van der Waals surface area (Å²) >= 11 is 0. The number of alkyl halides is 3. The molecular formula is C18H19F3N2O. The van der Waals surface area contributed by atoms with Gasteiger partial charge in [-0.3, -0.25) is 0 Å². The SMILES string of the molecule is N[C@H](c1ccc(OC(F)(F)F)cc1)c1ccc(N2CCCC2)cc1. The molecule has 2 aromatic carbocycles. The van der Waals surface area contributed by atoms with Gasteiger partial charge in [0.05, 0.1) is 6.04 Å². The largest absolute Gasteiger partial charge is 0.573 e. The number of benzene rings is 2. The van der Waals surface area contributed by atoms with Crippen LogP contribution in [-0.2, 0) is 0 Å². The van der Waals surface area contributed by atoms with Crippen LogP contribution in [0, 0.1) is 0 Å². The maximum atomic E-state index is 12.2. The average molecular weight is 336 g/mol. The van der Waals surface area contributed by atoms with Gasteiger partial charge in [-0.05, 0) is 48.2 Å². The van der Waals surface area contributed by atoms with Crippen molar-refractivity contribution in [2.75, 3.05) is 18.0 Å². The van der Waals surface area contributed by atoms with E-state index in [1.54, 1.807) is 12.1 Å². The first kappa shape index (κ1) is 16.6. The highest BCUT2D eigenvalue weighted by molar-refractivity contribution is 5.49. The Kier molecular flexibility index (Phi) is 4.66. The highest BCUT2D eigenvalue weighted by Crippen LogP contribution is 2.27. The first-order valence-corrected chi connectivity index (χ1v) is 7.88. The molecule has 1 aliphatic rings. The number of ether oxygens (including phenoxy) is 1. The summed E-state index contributed by atoms with van der Waals surface area (Å²) in [7, 11) is 0. The number of anilines is 1. The Labute approximate surface area is 138 Å². The van der Waals surface area contributed by atoms with E-state index in [0.717, 1.165) is 24.2 Å². The maximum Gasteiger partial charge on any atom is 0.573 e. The van der Waals surface area contributed by atoms with E-state index in [4.69, 9.17) is 5.73 Å². The van der Waals surface area contributed by atoms with Gasteiger partial charge in [-0.15, -0.1) is 13.2 Å². The number of nitrogens with two attached hydrogens (primary N) is 1. The van der Waals surface area contributed by atoms with Gasteiger partial charge in [0.2, 0.25) is 0 Å². The number of hydrogen-bond donors (Lipinski definition) is 1. The van der Waals surface area contributed by atoms with Crippen molar-refractivity contribution in [2.45, 2.75) is 25.2 Å². The Bertz CT molecular complexity index is 662. The van der Waals surface area contributed by atoms with Crippen LogP contribution < -0.4 is 15.4 Å². The molecule has 2 aromatic rings. The quantitative estimate of drug-likeness (QED) is 0.908. The predicted octanol–water partition coefficient (Wildman–Crippen LogP) is 4.23. The van der Waals surface area contributed by atoms with Crippen molar-refractivity contribution in [3.63, 3.8) is 0 Å². The van der Waals surface area contributed by atoms with E-state index in [1.165, 1.54) is 30.7 Å². The second-order valence-corrected chi connectivity index (χ2v) is 5.88. The Hall–Kier alpha value is -2.21. The highest BCUT2D eigenvalue weighted by Gasteiger charge is 2.31. The van der Waals surface area contributed by atoms with Crippen molar-refractivity contribution in [2.24, 2.45) is 5.73 Å². The Morgan fingerprint density at radius 3 is 1.88 bits per heavy atom. The fourth-order valence-electron chi connectivity index (χ4n) is 2.94. The lowest BCUT2D eigenvalue weighted by atomic mass is 9.99. The fourth-order valence-corrected chi connectivity index (χ4v) is 2.94. The second-order valence-electron chi connectivity index (χ2n) is 5.88. The molecule has 0 saturated carbocycles. The van der Waals surface area contributed by atoms with Crippen molar-refractivity contribution in [1.82, 2.24) is 0 Å². The molecule has 0 radical (unpaired) electrons. The zero-order chi connectivity index (χ0) is 17.2. The maximum absolute atomic E-state index is 12.2. The molecule has 1 atom stereocenters. The molecule has 0 bridgehead atoms. The summed E-state index contributed by atoms with van der Waals surface area (Å²) in [5.74, 6) is -0.247. The number of hydrogen-bond acceptors (Lipinski definition) is 3. The third-order valence-corrected chi connectivity index (χ3v) is 4.20. The average Bonchev–Trinajstić information content (AvgIpc) is 3.08. The monoisotopic (exact) mass is 336 g/mol. The Balaban J connectivity index is 1.70. The first-order chi connectivity index (χ1) is 11.4. The smallest absolute Gasteiger partial charge is 0.406 e. The summed E-state index contributed by atoms with van der Waals surface area (Å²) in [6.45, 7) is 2.15. The van der Waals surface area contributed by atoms with Gasteiger partial charge >= 0.3 is 6.36 Å². The molecule has 0 unspecified atom stereocenters. The van der Waals surface area contributed by atoms with Gasteiger partial charge in [-0.1, -0.05) is 24.3 Å². The van der Waals surface area contributed by atoms with Crippen LogP contribution in [0.25, 0.3) is 0 Å². The zero-order valence-corrected chi connectivity index (χ0v) is 13.1. The molecule has 2 N–H and O–H groups in total. The Morgan fingerprint density at radius 1 is 0.875 bits per heavy atom. The van der Waals surface area contributed by atoms with E-state index >= 15 is 0 Å². The van der Waals surface area contributed by atoms with Crippen molar-refractivity contribution >= 4 is 5.69 Å². The molecule has 1 aliphatic heterocycles. The third kappa shape index (κ3) is 4.00. The van der Waals surface area contributed by atoms with Gasteiger partial charge < -0.3 is 15.4 Å². The molecule has 1 fully saturated rings. The van der Waals surface area contributed by atoms with E-state index < -0.39 is 12.4 Å². The number of nitrogens with zero attached hydrogens (tertiary/aromatic N) is 1. The lowest BCUT2D eigenvalue weighted by molar-refractivity contribution is -0.274. The van der Waals surface area contributed by atoms with Crippen LogP contribution in [0.4, 0.5) is 18.9 Å². The summed E-state index contributed by atoms with van der Waals surface area (Å²) in [5, 5.41) is 0. The summed E-state index contributed by atoms with van der Waals surface area (Å²) in [6, 6.07) is 13.3. The topological polar surface area (TPSA) is 38.5 Å². The van der Waals surface area contributed by atoms with Crippen LogP contribution in [-0.4, -0.2) is 19.5 Å². The number of halogens is 3. The normalized spacial score (nSPS) is 16.2. The van der Waals surface area contributed by atoms with Crippen LogP contribution in [0.5, 0.6) is 5.75 Å². The molecule has 0 aromatic heterocycles. The molecule has 0 spiro atoms. The molecule has 6 heteroatoms. The molecule has 1 saturated heterocycles. The minimum atomic E-state index is -4.69. The van der Waals surface area contributed by atoms with E-state index in [-0.39, 0.29) is 5.75 Å². The minimum absolute atomic E-state index is 0.247. The molecule has 1 heterocycles. The van der Waals surface area contributed by atoms with Gasteiger partial charge in [-0.25, -0.2) is 0 Å². The highest BCUT2D eigenvalue weighted by atomic mass is 19.4. The van der Waals surface area contributed by atoms with Crippen molar-refractivity contribution in [1.29, 1.82) is 0 Å². The van der Waals surface area contributed by atoms with Crippen molar-refractivity contribution in [3.05, 3.63) is 59.7 Å². The van der Waals surface area contributed by atoms with Crippen LogP contribution in [0.2, 0.25) is 0 Å². The van der Waals surface area contributed by atoms with Crippen LogP contribution >= 0.6 is 0 Å². The first-order valence-electron chi connectivity index (χ1n) is 7.88. The summed E-state index contributed by atoms with van der Waals surface area (Å²) in [5.41, 5.74) is 9.05. The molecule has 0 aliphatic carbocycles. The van der Waals surface area contributed by atoms with Crippen LogP contribution in [0.1, 0.15) is 30.0 Å². The molecule has 24 heavy (non-hydrogen) atoms. The summed E-state index contributed by atoms with van der Waals surface area (Å²) in [6.07, 6.45) is -2.25. The molecule has 128 valence electrons. The Morgan fingerprint density at radius 2 is 1.38 bits per heavy atom. The van der Waals surface area contributed by atoms with Gasteiger partial charge in [0.1, 0.15) is 5.75 Å². The third-order valence-electron chi connectivity index (χ3n) is 4.20. The van der Waals surface area contributed by atoms with Gasteiger partial charge in [0.25, 0.3) is 0 Å². The van der Waals surface area contributed by atoms with Gasteiger partial charge in [0, 0.05) is 18.8 Å². The second kappa shape index (κ2) is 6.73. The van der Waals surface area contributed by atoms with E-state index in [0.29, 0.717) is 0 Å². The molecule has 0 amide bonds. The summed E-state index contributed by atoms with van der Waals surface area (Å²) in [4.78, 5) is 2.33. The van der Waals surface area contributed by atoms with Gasteiger partial charge in [-0.2, -0.15) is 0 Å². The predicted molar refractivity (Wildman–Crippen MR) is 87.0 cm³/mol. The van der Waals surface area contributed by atoms with Crippen LogP contribution in [0.3, 0.4) is 0 Å². The van der Waals surface area contributed by atoms with Crippen molar-refractivity contribution in [3.8, 4) is 5.75 Å². The zero-order valence-electron chi connectivity index (χ0n) is 13.1. The van der Waals surface area contributed by atoms with Gasteiger partial charge in [0.15, 0.2) is 0 Å². The standard InChI is InChI=1S/C18H19F3N2O/c19-18(20,21)24-16-9-5-14(6-10-16)17(22)13-3-7-15(8-4-13)23-11-1-2-12-23/h3-10,17H,1-2,11-12,22H2/t17-/m0/s1. The molecular weight excluding hydrogens is 317 g/mol. The number of rotatable bonds is 4. The lowest BCUT2D eigenvalue weighted by Crippen LogP contribution is -2.18.